The SMILES string of the molecule is CC(=O)N1C2CCC(C3CCC(N(C)S(C)(=O)=O)CC3)CC2N(C(=O)OC2CCCNC2)C[C@@H]1C. The van der Waals surface area contributed by atoms with Gasteiger partial charge in [0.05, 0.1) is 18.3 Å². The maximum atomic E-state index is 13.3. The van der Waals surface area contributed by atoms with Gasteiger partial charge in [0.2, 0.25) is 15.9 Å². The van der Waals surface area contributed by atoms with Crippen LogP contribution >= 0.6 is 0 Å². The molecule has 2 amide bonds. The lowest BCUT2D eigenvalue weighted by molar-refractivity contribution is -0.143. The smallest absolute Gasteiger partial charge is 0.410 e. The number of sulfonamides is 1. The largest absolute Gasteiger partial charge is 0.445 e. The quantitative estimate of drug-likeness (QED) is 0.621. The summed E-state index contributed by atoms with van der Waals surface area (Å²) in [4.78, 5) is 29.8. The summed E-state index contributed by atoms with van der Waals surface area (Å²) in [6.45, 7) is 5.86. The van der Waals surface area contributed by atoms with E-state index in [1.54, 1.807) is 14.0 Å². The molecule has 2 saturated heterocycles. The second-order valence-corrected chi connectivity index (χ2v) is 13.4. The van der Waals surface area contributed by atoms with Gasteiger partial charge in [0.25, 0.3) is 0 Å². The van der Waals surface area contributed by atoms with Crippen molar-refractivity contribution in [2.45, 2.75) is 102 Å². The number of fused-ring (bicyclic) bond motifs is 1. The van der Waals surface area contributed by atoms with Crippen LogP contribution in [0.5, 0.6) is 0 Å². The maximum Gasteiger partial charge on any atom is 0.410 e. The van der Waals surface area contributed by atoms with Crippen LogP contribution in [0.4, 0.5) is 4.79 Å². The Morgan fingerprint density at radius 3 is 2.29 bits per heavy atom. The Labute approximate surface area is 211 Å². The van der Waals surface area contributed by atoms with E-state index in [1.807, 2.05) is 16.7 Å². The van der Waals surface area contributed by atoms with Crippen molar-refractivity contribution in [3.63, 3.8) is 0 Å². The molecule has 0 aromatic heterocycles. The van der Waals surface area contributed by atoms with E-state index in [4.69, 9.17) is 4.74 Å². The standard InChI is InChI=1S/C25H44N4O5S/c1-17-16-28(25(31)34-22-6-5-13-26-15-22)24-14-20(9-12-23(24)29(17)18(2)30)19-7-10-21(11-8-19)27(3)35(4,32)33/h17,19-24,26H,5-16H2,1-4H3/t17-,19?,20?,21?,22?,23?,24?/m0/s1. The van der Waals surface area contributed by atoms with Crippen LogP contribution in [0.15, 0.2) is 0 Å². The van der Waals surface area contributed by atoms with Gasteiger partial charge < -0.3 is 19.9 Å². The molecule has 35 heavy (non-hydrogen) atoms. The summed E-state index contributed by atoms with van der Waals surface area (Å²) in [6, 6.07) is 0.0766. The van der Waals surface area contributed by atoms with Gasteiger partial charge in [0.15, 0.2) is 0 Å². The van der Waals surface area contributed by atoms with Crippen LogP contribution in [0.3, 0.4) is 0 Å². The first kappa shape index (κ1) is 26.7. The van der Waals surface area contributed by atoms with Crippen molar-refractivity contribution in [3.8, 4) is 0 Å². The molecule has 0 bridgehead atoms. The van der Waals surface area contributed by atoms with Gasteiger partial charge in [-0.25, -0.2) is 17.5 Å². The fraction of sp³-hybridized carbons (Fsp3) is 0.920. The van der Waals surface area contributed by atoms with Gasteiger partial charge in [-0.3, -0.25) is 4.79 Å². The Balaban J connectivity index is 1.44. The van der Waals surface area contributed by atoms with Gasteiger partial charge >= 0.3 is 6.09 Å². The fourth-order valence-electron chi connectivity index (χ4n) is 7.18. The third kappa shape index (κ3) is 5.96. The van der Waals surface area contributed by atoms with Crippen molar-refractivity contribution >= 4 is 22.0 Å². The zero-order chi connectivity index (χ0) is 25.3. The van der Waals surface area contributed by atoms with Crippen LogP contribution in [0.1, 0.15) is 71.6 Å². The molecule has 0 aromatic rings. The normalized spacial score (nSPS) is 36.5. The van der Waals surface area contributed by atoms with Gasteiger partial charge in [-0.15, -0.1) is 0 Å². The summed E-state index contributed by atoms with van der Waals surface area (Å²) in [5, 5.41) is 3.31. The molecule has 4 unspecified atom stereocenters. The Hall–Kier alpha value is -1.39. The van der Waals surface area contributed by atoms with Crippen LogP contribution in [0, 0.1) is 11.8 Å². The minimum atomic E-state index is -3.18. The lowest BCUT2D eigenvalue weighted by atomic mass is 9.69. The highest BCUT2D eigenvalue weighted by molar-refractivity contribution is 7.88. The van der Waals surface area contributed by atoms with Crippen molar-refractivity contribution in [2.24, 2.45) is 11.8 Å². The maximum absolute atomic E-state index is 13.3. The van der Waals surface area contributed by atoms with E-state index >= 15 is 0 Å². The average Bonchev–Trinajstić information content (AvgIpc) is 2.82. The van der Waals surface area contributed by atoms with Gasteiger partial charge in [-0.05, 0) is 83.1 Å². The molecular formula is C25H44N4O5S. The number of piperidine rings is 1. The number of carbonyl (C=O) groups is 2. The number of carbonyl (C=O) groups excluding carboxylic acids is 2. The number of piperazine rings is 1. The first-order valence-electron chi connectivity index (χ1n) is 13.5. The van der Waals surface area contributed by atoms with Crippen molar-refractivity contribution in [3.05, 3.63) is 0 Å². The number of hydrogen-bond acceptors (Lipinski definition) is 6. The van der Waals surface area contributed by atoms with Crippen molar-refractivity contribution in [2.75, 3.05) is 32.9 Å². The average molecular weight is 513 g/mol. The Kier molecular flexibility index (Phi) is 8.32. The Morgan fingerprint density at radius 1 is 1.00 bits per heavy atom. The first-order valence-corrected chi connectivity index (χ1v) is 15.3. The Bertz CT molecular complexity index is 869. The summed E-state index contributed by atoms with van der Waals surface area (Å²) in [7, 11) is -1.49. The second-order valence-electron chi connectivity index (χ2n) is 11.3. The summed E-state index contributed by atoms with van der Waals surface area (Å²) in [6.07, 6.45) is 9.49. The van der Waals surface area contributed by atoms with Gasteiger partial charge in [-0.1, -0.05) is 0 Å². The number of ether oxygens (including phenoxy) is 1. The zero-order valence-electron chi connectivity index (χ0n) is 21.8. The van der Waals surface area contributed by atoms with E-state index in [-0.39, 0.29) is 42.3 Å². The molecule has 2 heterocycles. The van der Waals surface area contributed by atoms with Crippen LogP contribution in [-0.2, 0) is 19.6 Å². The van der Waals surface area contributed by atoms with Gasteiger partial charge in [0.1, 0.15) is 6.10 Å². The van der Waals surface area contributed by atoms with Crippen LogP contribution < -0.4 is 5.32 Å². The highest BCUT2D eigenvalue weighted by Crippen LogP contribution is 2.43. The summed E-state index contributed by atoms with van der Waals surface area (Å²) in [5.41, 5.74) is 0. The molecule has 2 saturated carbocycles. The third-order valence-electron chi connectivity index (χ3n) is 9.08. The molecule has 4 fully saturated rings. The molecule has 1 N–H and O–H groups in total. The predicted octanol–water partition coefficient (Wildman–Crippen LogP) is 2.42. The van der Waals surface area contributed by atoms with Crippen molar-refractivity contribution in [1.82, 2.24) is 19.4 Å². The van der Waals surface area contributed by atoms with Crippen molar-refractivity contribution < 1.29 is 22.7 Å². The van der Waals surface area contributed by atoms with E-state index in [0.29, 0.717) is 24.9 Å². The minimum absolute atomic E-state index is 0.0192. The van der Waals surface area contributed by atoms with Crippen molar-refractivity contribution in [1.29, 1.82) is 0 Å². The summed E-state index contributed by atoms with van der Waals surface area (Å²) < 4.78 is 31.4. The van der Waals surface area contributed by atoms with E-state index in [1.165, 1.54) is 10.6 Å². The predicted molar refractivity (Wildman–Crippen MR) is 134 cm³/mol. The lowest BCUT2D eigenvalue weighted by Crippen LogP contribution is -2.67. The fourth-order valence-corrected chi connectivity index (χ4v) is 7.93. The second kappa shape index (κ2) is 10.9. The molecule has 0 aromatic carbocycles. The third-order valence-corrected chi connectivity index (χ3v) is 10.4. The van der Waals surface area contributed by atoms with Crippen LogP contribution in [0.2, 0.25) is 0 Å². The van der Waals surface area contributed by atoms with E-state index in [0.717, 1.165) is 64.3 Å². The number of rotatable bonds is 4. The van der Waals surface area contributed by atoms with Crippen LogP contribution in [-0.4, -0.2) is 97.7 Å². The Morgan fingerprint density at radius 2 is 1.69 bits per heavy atom. The molecule has 4 rings (SSSR count). The number of nitrogens with zero attached hydrogens (tertiary/aromatic N) is 3. The number of nitrogens with one attached hydrogen (secondary N) is 1. The van der Waals surface area contributed by atoms with Crippen LogP contribution in [0.25, 0.3) is 0 Å². The number of hydrogen-bond donors (Lipinski definition) is 1. The highest BCUT2D eigenvalue weighted by Gasteiger charge is 2.48. The summed E-state index contributed by atoms with van der Waals surface area (Å²) >= 11 is 0. The molecule has 0 spiro atoms. The molecule has 4 aliphatic rings. The first-order chi connectivity index (χ1) is 16.6. The molecular weight excluding hydrogens is 468 g/mol. The molecule has 10 heteroatoms. The molecule has 5 atom stereocenters. The molecule has 200 valence electrons. The van der Waals surface area contributed by atoms with E-state index in [9.17, 15) is 18.0 Å². The lowest BCUT2D eigenvalue weighted by Gasteiger charge is -2.54. The number of amides is 2. The molecule has 9 nitrogen and oxygen atoms in total. The monoisotopic (exact) mass is 512 g/mol. The summed E-state index contributed by atoms with van der Waals surface area (Å²) in [5.74, 6) is 1.10. The highest BCUT2D eigenvalue weighted by atomic mass is 32.2. The van der Waals surface area contributed by atoms with Gasteiger partial charge in [-0.2, -0.15) is 0 Å². The van der Waals surface area contributed by atoms with E-state index < -0.39 is 10.0 Å². The molecule has 2 aliphatic heterocycles. The molecule has 0 radical (unpaired) electrons. The topological polar surface area (TPSA) is 99.3 Å². The van der Waals surface area contributed by atoms with Gasteiger partial charge in [0, 0.05) is 39.1 Å². The zero-order valence-corrected chi connectivity index (χ0v) is 22.6. The molecule has 2 aliphatic carbocycles. The van der Waals surface area contributed by atoms with E-state index in [2.05, 4.69) is 5.32 Å². The minimum Gasteiger partial charge on any atom is -0.445 e.